The highest BCUT2D eigenvalue weighted by Gasteiger charge is 2.20. The molecule has 8 nitrogen and oxygen atoms in total. The number of carbonyl (C=O) groups is 2. The van der Waals surface area contributed by atoms with E-state index in [2.05, 4.69) is 15.6 Å². The fraction of sp³-hybridized carbons (Fsp3) is 0.391. The van der Waals surface area contributed by atoms with Gasteiger partial charge >= 0.3 is 0 Å². The number of aryl methyl sites for hydroxylation is 1. The number of hydrogen-bond donors (Lipinski definition) is 2. The zero-order valence-corrected chi connectivity index (χ0v) is 18.6. The van der Waals surface area contributed by atoms with Crippen molar-refractivity contribution in [2.45, 2.75) is 53.8 Å². The Morgan fingerprint density at radius 3 is 2.35 bits per heavy atom. The number of amides is 2. The Hall–Kier alpha value is -3.42. The smallest absolute Gasteiger partial charge is 0.257 e. The van der Waals surface area contributed by atoms with Gasteiger partial charge in [-0.3, -0.25) is 14.4 Å². The first kappa shape index (κ1) is 22.3. The number of rotatable bonds is 7. The maximum absolute atomic E-state index is 12.9. The lowest BCUT2D eigenvalue weighted by molar-refractivity contribution is 0.0941. The van der Waals surface area contributed by atoms with Crippen molar-refractivity contribution in [3.63, 3.8) is 0 Å². The molecule has 0 aromatic carbocycles. The number of fused-ring (bicyclic) bond motifs is 1. The lowest BCUT2D eigenvalue weighted by Gasteiger charge is -2.15. The number of nitrogens with one attached hydrogen (secondary N) is 2. The normalized spacial score (nSPS) is 11.3. The minimum Gasteiger partial charge on any atom is -0.352 e. The molecule has 3 heterocycles. The third-order valence-corrected chi connectivity index (χ3v) is 4.72. The molecular weight excluding hydrogens is 394 g/mol. The lowest BCUT2D eigenvalue weighted by atomic mass is 10.1. The molecule has 2 N–H and O–H groups in total. The van der Waals surface area contributed by atoms with E-state index in [0.29, 0.717) is 12.2 Å². The molecule has 0 bridgehead atoms. The molecule has 0 aliphatic heterocycles. The van der Waals surface area contributed by atoms with Gasteiger partial charge in [-0.05, 0) is 38.3 Å². The maximum atomic E-state index is 12.9. The van der Waals surface area contributed by atoms with Gasteiger partial charge in [-0.25, -0.2) is 4.98 Å². The van der Waals surface area contributed by atoms with E-state index in [-0.39, 0.29) is 29.6 Å². The number of pyridine rings is 2. The first-order valence-corrected chi connectivity index (χ1v) is 10.4. The van der Waals surface area contributed by atoms with Gasteiger partial charge in [0.25, 0.3) is 11.8 Å². The zero-order valence-electron chi connectivity index (χ0n) is 18.6. The van der Waals surface area contributed by atoms with E-state index in [0.717, 1.165) is 11.2 Å². The number of hydrogen-bond acceptors (Lipinski definition) is 4. The summed E-state index contributed by atoms with van der Waals surface area (Å²) in [5, 5.41) is 5.49. The van der Waals surface area contributed by atoms with Gasteiger partial charge in [0.05, 0.1) is 12.2 Å². The van der Waals surface area contributed by atoms with Crippen LogP contribution >= 0.6 is 0 Å². The van der Waals surface area contributed by atoms with Crippen molar-refractivity contribution in [3.8, 4) is 0 Å². The van der Waals surface area contributed by atoms with E-state index in [9.17, 15) is 14.4 Å². The van der Waals surface area contributed by atoms with Gasteiger partial charge in [-0.2, -0.15) is 0 Å². The fourth-order valence-corrected chi connectivity index (χ4v) is 3.38. The number of aromatic nitrogens is 3. The summed E-state index contributed by atoms with van der Waals surface area (Å²) < 4.78 is 3.62. The van der Waals surface area contributed by atoms with Gasteiger partial charge < -0.3 is 19.6 Å². The van der Waals surface area contributed by atoms with Crippen LogP contribution in [0, 0.1) is 12.8 Å². The Labute approximate surface area is 181 Å². The minimum atomic E-state index is -0.582. The van der Waals surface area contributed by atoms with Crippen LogP contribution in [0.2, 0.25) is 0 Å². The third kappa shape index (κ3) is 5.20. The molecule has 3 aromatic heterocycles. The summed E-state index contributed by atoms with van der Waals surface area (Å²) in [7, 11) is 0. The average Bonchev–Trinajstić information content (AvgIpc) is 3.11. The van der Waals surface area contributed by atoms with Crippen LogP contribution in [-0.2, 0) is 13.1 Å². The largest absolute Gasteiger partial charge is 0.352 e. The highest BCUT2D eigenvalue weighted by Crippen LogP contribution is 2.10. The van der Waals surface area contributed by atoms with Crippen molar-refractivity contribution in [1.82, 2.24) is 24.6 Å². The first-order valence-electron chi connectivity index (χ1n) is 10.4. The molecule has 0 fully saturated rings. The van der Waals surface area contributed by atoms with E-state index in [1.54, 1.807) is 4.57 Å². The summed E-state index contributed by atoms with van der Waals surface area (Å²) in [5.41, 5.74) is 1.85. The molecule has 2 amide bonds. The van der Waals surface area contributed by atoms with E-state index in [1.807, 2.05) is 63.5 Å². The second-order valence-electron chi connectivity index (χ2n) is 8.47. The molecule has 3 aromatic rings. The number of nitrogens with zero attached hydrogens (tertiary/aromatic N) is 3. The van der Waals surface area contributed by atoms with Crippen molar-refractivity contribution in [2.75, 3.05) is 0 Å². The molecule has 0 saturated heterocycles. The second kappa shape index (κ2) is 9.16. The van der Waals surface area contributed by atoms with E-state index in [4.69, 9.17) is 0 Å². The predicted molar refractivity (Wildman–Crippen MR) is 119 cm³/mol. The van der Waals surface area contributed by atoms with Gasteiger partial charge in [-0.15, -0.1) is 0 Å². The molecule has 0 atom stereocenters. The SMILES string of the molecule is Cc1cccn2cc(CNC(=O)c3cn(CC(C)C)cc(C(=O)NC(C)C)c3=O)nc12. The van der Waals surface area contributed by atoms with Crippen molar-refractivity contribution in [2.24, 2.45) is 5.92 Å². The molecule has 164 valence electrons. The summed E-state index contributed by atoms with van der Waals surface area (Å²) in [4.78, 5) is 42.8. The Balaban J connectivity index is 1.88. The van der Waals surface area contributed by atoms with Crippen molar-refractivity contribution >= 4 is 17.5 Å². The van der Waals surface area contributed by atoms with E-state index < -0.39 is 17.2 Å². The monoisotopic (exact) mass is 423 g/mol. The second-order valence-corrected chi connectivity index (χ2v) is 8.47. The van der Waals surface area contributed by atoms with Crippen molar-refractivity contribution in [1.29, 1.82) is 0 Å². The van der Waals surface area contributed by atoms with Crippen LogP contribution in [0.15, 0.2) is 41.7 Å². The minimum absolute atomic E-state index is 0.0367. The Bertz CT molecular complexity index is 1170. The van der Waals surface area contributed by atoms with Crippen molar-refractivity contribution in [3.05, 3.63) is 69.5 Å². The topological polar surface area (TPSA) is 97.5 Å². The third-order valence-electron chi connectivity index (χ3n) is 4.72. The molecule has 0 aliphatic carbocycles. The fourth-order valence-electron chi connectivity index (χ4n) is 3.38. The summed E-state index contributed by atoms with van der Waals surface area (Å²) >= 11 is 0. The number of imidazole rings is 1. The average molecular weight is 424 g/mol. The summed E-state index contributed by atoms with van der Waals surface area (Å²) in [6, 6.07) is 3.77. The molecule has 0 spiro atoms. The lowest BCUT2D eigenvalue weighted by Crippen LogP contribution is -2.37. The van der Waals surface area contributed by atoms with Crippen LogP contribution in [0.25, 0.3) is 5.65 Å². The highest BCUT2D eigenvalue weighted by molar-refractivity contribution is 5.99. The van der Waals surface area contributed by atoms with Crippen LogP contribution in [0.4, 0.5) is 0 Å². The summed E-state index contributed by atoms with van der Waals surface area (Å²) in [5.74, 6) is -0.737. The predicted octanol–water partition coefficient (Wildman–Crippen LogP) is 2.53. The molecule has 0 unspecified atom stereocenters. The quantitative estimate of drug-likeness (QED) is 0.610. The van der Waals surface area contributed by atoms with Crippen LogP contribution in [-0.4, -0.2) is 31.8 Å². The van der Waals surface area contributed by atoms with Gasteiger partial charge in [0.2, 0.25) is 5.43 Å². The first-order chi connectivity index (χ1) is 14.7. The summed E-state index contributed by atoms with van der Waals surface area (Å²) in [6.07, 6.45) is 6.76. The number of carbonyl (C=O) groups excluding carboxylic acids is 2. The molecular formula is C23H29N5O3. The molecule has 3 rings (SSSR count). The van der Waals surface area contributed by atoms with Crippen LogP contribution in [0.5, 0.6) is 0 Å². The molecule has 8 heteroatoms. The van der Waals surface area contributed by atoms with E-state index >= 15 is 0 Å². The highest BCUT2D eigenvalue weighted by atomic mass is 16.2. The Morgan fingerprint density at radius 1 is 1.06 bits per heavy atom. The van der Waals surface area contributed by atoms with Gasteiger partial charge in [-0.1, -0.05) is 19.9 Å². The molecule has 0 radical (unpaired) electrons. The molecule has 31 heavy (non-hydrogen) atoms. The zero-order chi connectivity index (χ0) is 22.7. The Morgan fingerprint density at radius 2 is 1.74 bits per heavy atom. The molecule has 0 saturated carbocycles. The summed E-state index contributed by atoms with van der Waals surface area (Å²) in [6.45, 7) is 10.4. The molecule has 0 aliphatic rings. The van der Waals surface area contributed by atoms with E-state index in [1.165, 1.54) is 12.4 Å². The van der Waals surface area contributed by atoms with Crippen LogP contribution in [0.3, 0.4) is 0 Å². The Kier molecular flexibility index (Phi) is 6.58. The standard InChI is InChI=1S/C23H29N5O3/c1-14(2)10-27-12-18(20(29)19(13-27)23(31)25-15(3)4)22(30)24-9-17-11-28-8-6-7-16(5)21(28)26-17/h6-8,11-15H,9-10H2,1-5H3,(H,24,30)(H,25,31). The van der Waals surface area contributed by atoms with Gasteiger partial charge in [0, 0.05) is 37.4 Å². The van der Waals surface area contributed by atoms with Crippen molar-refractivity contribution < 1.29 is 9.59 Å². The van der Waals surface area contributed by atoms with Gasteiger partial charge in [0.1, 0.15) is 16.8 Å². The maximum Gasteiger partial charge on any atom is 0.257 e. The van der Waals surface area contributed by atoms with Gasteiger partial charge in [0.15, 0.2) is 0 Å². The van der Waals surface area contributed by atoms with Crippen LogP contribution < -0.4 is 16.1 Å². The van der Waals surface area contributed by atoms with Crippen LogP contribution in [0.1, 0.15) is 59.7 Å².